The third-order valence-corrected chi connectivity index (χ3v) is 8.86. The van der Waals surface area contributed by atoms with E-state index in [4.69, 9.17) is 5.26 Å². The normalized spacial score (nSPS) is 11.4. The van der Waals surface area contributed by atoms with Crippen molar-refractivity contribution in [2.24, 2.45) is 0 Å². The summed E-state index contributed by atoms with van der Waals surface area (Å²) in [6, 6.07) is 26.1. The summed E-state index contributed by atoms with van der Waals surface area (Å²) in [4.78, 5) is 0. The molecule has 0 spiro atoms. The molecular weight excluding hydrogens is 750 g/mol. The largest absolute Gasteiger partial charge is 0.207 e. The molecule has 276 valence electrons. The van der Waals surface area contributed by atoms with Crippen LogP contribution in [0, 0.1) is 57.6 Å². The van der Waals surface area contributed by atoms with E-state index in [1.807, 2.05) is 53.7 Å². The minimum Gasteiger partial charge on any atom is -0.207 e. The molecule has 0 N–H and O–H groups in total. The second-order valence-electron chi connectivity index (χ2n) is 15.5. The van der Waals surface area contributed by atoms with Gasteiger partial charge in [-0.2, -0.15) is 10.5 Å². The van der Waals surface area contributed by atoms with E-state index in [-0.39, 0.29) is 27.4 Å². The van der Waals surface area contributed by atoms with Crippen LogP contribution in [0.4, 0.5) is 26.3 Å². The van der Waals surface area contributed by atoms with Gasteiger partial charge in [0.05, 0.1) is 11.1 Å². The molecule has 0 saturated carbocycles. The van der Waals surface area contributed by atoms with Gasteiger partial charge in [0, 0.05) is 16.1 Å². The fraction of sp³-hybridized carbons (Fsp3) is 0.273. The Bertz CT molecular complexity index is 2140. The predicted octanol–water partition coefficient (Wildman–Crippen LogP) is 13.6. The van der Waals surface area contributed by atoms with Gasteiger partial charge in [0.25, 0.3) is 0 Å². The highest BCUT2D eigenvalue weighted by Crippen LogP contribution is 2.39. The molecule has 2 nitrogen and oxygen atoms in total. The van der Waals surface area contributed by atoms with E-state index in [0.29, 0.717) is 17.7 Å². The molecule has 0 aromatic heterocycles. The SMILES string of the molecule is CC(C)(C)c1ccc(-c2c(F)c(F)c(C#N)c(-c3ccc(C(C)(C)C)cc3)c2F)cc1.CC(C)(C)c1ccc(Br)cc1.N#Cc1cc(F)cc(F)c1F. The molecule has 9 heteroatoms. The monoisotopic (exact) mass is 790 g/mol. The number of hydrogen-bond donors (Lipinski definition) is 0. The molecular formula is C44H41BrF6N2. The summed E-state index contributed by atoms with van der Waals surface area (Å²) < 4.78 is 83.4. The van der Waals surface area contributed by atoms with Crippen molar-refractivity contribution < 1.29 is 26.3 Å². The van der Waals surface area contributed by atoms with Crippen LogP contribution in [0.1, 0.15) is 90.1 Å². The van der Waals surface area contributed by atoms with E-state index in [0.717, 1.165) is 15.6 Å². The highest BCUT2D eigenvalue weighted by molar-refractivity contribution is 9.10. The highest BCUT2D eigenvalue weighted by Gasteiger charge is 2.27. The fourth-order valence-corrected chi connectivity index (χ4v) is 5.42. The van der Waals surface area contributed by atoms with Crippen LogP contribution in [0.5, 0.6) is 0 Å². The van der Waals surface area contributed by atoms with Crippen LogP contribution in [0.2, 0.25) is 0 Å². The number of halogens is 7. The average molecular weight is 792 g/mol. The molecule has 5 rings (SSSR count). The number of nitriles is 2. The van der Waals surface area contributed by atoms with Crippen molar-refractivity contribution in [2.45, 2.75) is 78.6 Å². The Labute approximate surface area is 316 Å². The van der Waals surface area contributed by atoms with E-state index in [1.54, 1.807) is 42.5 Å². The smallest absolute Gasteiger partial charge is 0.178 e. The molecule has 0 fully saturated rings. The molecule has 0 aliphatic carbocycles. The molecule has 5 aromatic carbocycles. The Kier molecular flexibility index (Phi) is 13.5. The summed E-state index contributed by atoms with van der Waals surface area (Å²) in [5.74, 6) is -7.25. The molecule has 53 heavy (non-hydrogen) atoms. The first-order valence-corrected chi connectivity index (χ1v) is 17.4. The summed E-state index contributed by atoms with van der Waals surface area (Å²) in [6.45, 7) is 18.9. The number of rotatable bonds is 2. The number of benzene rings is 5. The van der Waals surface area contributed by atoms with Crippen LogP contribution in [-0.4, -0.2) is 0 Å². The number of hydrogen-bond acceptors (Lipinski definition) is 2. The van der Waals surface area contributed by atoms with Crippen LogP contribution < -0.4 is 0 Å². The van der Waals surface area contributed by atoms with Crippen molar-refractivity contribution in [1.29, 1.82) is 10.5 Å². The van der Waals surface area contributed by atoms with Crippen molar-refractivity contribution in [3.63, 3.8) is 0 Å². The van der Waals surface area contributed by atoms with Gasteiger partial charge in [0.15, 0.2) is 23.3 Å². The third-order valence-electron chi connectivity index (χ3n) is 8.34. The molecule has 0 radical (unpaired) electrons. The van der Waals surface area contributed by atoms with E-state index >= 15 is 4.39 Å². The summed E-state index contributed by atoms with van der Waals surface area (Å²) in [5, 5.41) is 17.6. The molecule has 0 unspecified atom stereocenters. The first-order chi connectivity index (χ1) is 24.5. The first-order valence-electron chi connectivity index (χ1n) is 16.6. The topological polar surface area (TPSA) is 47.6 Å². The maximum absolute atomic E-state index is 15.6. The van der Waals surface area contributed by atoms with Gasteiger partial charge in [-0.15, -0.1) is 0 Å². The van der Waals surface area contributed by atoms with Gasteiger partial charge < -0.3 is 0 Å². The van der Waals surface area contributed by atoms with Crippen LogP contribution >= 0.6 is 15.9 Å². The third kappa shape index (κ3) is 10.6. The van der Waals surface area contributed by atoms with Crippen molar-refractivity contribution >= 4 is 15.9 Å². The maximum Gasteiger partial charge on any atom is 0.178 e. The van der Waals surface area contributed by atoms with Crippen LogP contribution in [0.15, 0.2) is 89.4 Å². The standard InChI is InChI=1S/C27H26F3N.C10H13Br.C7H2F3N/c1-26(2,3)18-11-7-16(8-12-18)21-20(15-31)23(28)25(30)22(24(21)29)17-9-13-19(14-10-17)27(4,5)6;1-10(2,3)8-4-6-9(11)7-5-8;8-5-1-4(3-11)7(10)6(9)2-5/h7-14H,1-6H3;4-7H,1-3H3;1-2H. The van der Waals surface area contributed by atoms with Crippen LogP contribution in [-0.2, 0) is 16.2 Å². The summed E-state index contributed by atoms with van der Waals surface area (Å²) in [5.41, 5.74) is 1.99. The van der Waals surface area contributed by atoms with E-state index in [9.17, 15) is 27.2 Å². The zero-order valence-corrected chi connectivity index (χ0v) is 32.7. The minimum atomic E-state index is -1.35. The zero-order valence-electron chi connectivity index (χ0n) is 31.1. The van der Waals surface area contributed by atoms with Crippen LogP contribution in [0.25, 0.3) is 22.3 Å². The lowest BCUT2D eigenvalue weighted by Crippen LogP contribution is -2.11. The second kappa shape index (κ2) is 16.9. The number of nitrogens with zero attached hydrogens (tertiary/aromatic N) is 2. The van der Waals surface area contributed by atoms with Gasteiger partial charge in [-0.1, -0.05) is 139 Å². The lowest BCUT2D eigenvalue weighted by Gasteiger charge is -2.20. The zero-order chi connectivity index (χ0) is 40.1. The Morgan fingerprint density at radius 2 is 0.868 bits per heavy atom. The summed E-state index contributed by atoms with van der Waals surface area (Å²) in [6.07, 6.45) is 0. The first kappa shape index (κ1) is 42.6. The van der Waals surface area contributed by atoms with Gasteiger partial charge in [-0.25, -0.2) is 26.3 Å². The van der Waals surface area contributed by atoms with Gasteiger partial charge in [0.1, 0.15) is 29.3 Å². The minimum absolute atomic E-state index is 0.122. The van der Waals surface area contributed by atoms with Crippen molar-refractivity contribution in [3.8, 4) is 34.4 Å². The van der Waals surface area contributed by atoms with E-state index in [2.05, 4.69) is 61.0 Å². The molecule has 0 heterocycles. The molecule has 0 aliphatic heterocycles. The van der Waals surface area contributed by atoms with Crippen molar-refractivity contribution in [3.05, 3.63) is 152 Å². The fourth-order valence-electron chi connectivity index (χ4n) is 5.15. The molecule has 0 aliphatic rings. The summed E-state index contributed by atoms with van der Waals surface area (Å²) >= 11 is 3.41. The average Bonchev–Trinajstić information content (AvgIpc) is 3.08. The van der Waals surface area contributed by atoms with E-state index in [1.165, 1.54) is 11.6 Å². The van der Waals surface area contributed by atoms with Gasteiger partial charge in [-0.05, 0) is 62.3 Å². The predicted molar refractivity (Wildman–Crippen MR) is 203 cm³/mol. The molecule has 5 aromatic rings. The van der Waals surface area contributed by atoms with Crippen molar-refractivity contribution in [2.75, 3.05) is 0 Å². The molecule has 0 saturated heterocycles. The summed E-state index contributed by atoms with van der Waals surface area (Å²) in [7, 11) is 0. The Morgan fingerprint density at radius 3 is 1.25 bits per heavy atom. The van der Waals surface area contributed by atoms with Gasteiger partial charge >= 0.3 is 0 Å². The highest BCUT2D eigenvalue weighted by atomic mass is 79.9. The Hall–Kier alpha value is -4.86. The van der Waals surface area contributed by atoms with Gasteiger partial charge in [-0.3, -0.25) is 0 Å². The van der Waals surface area contributed by atoms with Crippen molar-refractivity contribution in [1.82, 2.24) is 0 Å². The molecule has 0 atom stereocenters. The maximum atomic E-state index is 15.6. The molecule has 0 amide bonds. The second-order valence-corrected chi connectivity index (χ2v) is 16.4. The van der Waals surface area contributed by atoms with Gasteiger partial charge in [0.2, 0.25) is 0 Å². The quantitative estimate of drug-likeness (QED) is 0.132. The Morgan fingerprint density at radius 1 is 0.472 bits per heavy atom. The molecule has 0 bridgehead atoms. The van der Waals surface area contributed by atoms with E-state index < -0.39 is 51.6 Å². The van der Waals surface area contributed by atoms with Crippen LogP contribution in [0.3, 0.4) is 0 Å². The lowest BCUT2D eigenvalue weighted by atomic mass is 9.84. The lowest BCUT2D eigenvalue weighted by molar-refractivity contribution is 0.492. The Balaban J connectivity index is 0.000000278.